The van der Waals surface area contributed by atoms with Crippen LogP contribution in [0.1, 0.15) is 66.7 Å². The smallest absolute Gasteiger partial charge is 0.253 e. The van der Waals surface area contributed by atoms with Gasteiger partial charge in [0, 0.05) is 56.9 Å². The third-order valence-corrected chi connectivity index (χ3v) is 5.93. The van der Waals surface area contributed by atoms with Gasteiger partial charge in [0.25, 0.3) is 5.91 Å². The summed E-state index contributed by atoms with van der Waals surface area (Å²) in [6.45, 7) is 6.73. The van der Waals surface area contributed by atoms with Gasteiger partial charge in [-0.2, -0.15) is 0 Å². The molecule has 2 aromatic rings. The maximum Gasteiger partial charge on any atom is 0.253 e. The van der Waals surface area contributed by atoms with Crippen molar-refractivity contribution < 1.29 is 19.1 Å². The third kappa shape index (κ3) is 8.13. The standard InChI is InChI=1S/C26H35N5O4/c1-3-16-35-17-13-28-26(34)22-7-6-19(2)29-25(22)20-10-14-31(15-11-20)24(33)9-8-23(32)30-21-5-4-12-27-18-21/h4-7,12,18,20H,3,8-11,13-17H2,1-2H3,(H,28,34)(H,30,32). The summed E-state index contributed by atoms with van der Waals surface area (Å²) < 4.78 is 5.44. The van der Waals surface area contributed by atoms with E-state index in [4.69, 9.17) is 9.72 Å². The highest BCUT2D eigenvalue weighted by Gasteiger charge is 2.28. The second kappa shape index (κ2) is 13.5. The van der Waals surface area contributed by atoms with Crippen LogP contribution in [-0.2, 0) is 14.3 Å². The average molecular weight is 482 g/mol. The zero-order valence-corrected chi connectivity index (χ0v) is 20.6. The molecule has 0 unspecified atom stereocenters. The fourth-order valence-corrected chi connectivity index (χ4v) is 4.10. The van der Waals surface area contributed by atoms with Crippen molar-refractivity contribution >= 4 is 23.4 Å². The molecule has 1 saturated heterocycles. The molecule has 1 aliphatic rings. The number of nitrogens with zero attached hydrogens (tertiary/aromatic N) is 3. The number of carbonyl (C=O) groups is 3. The van der Waals surface area contributed by atoms with Gasteiger partial charge in [-0.05, 0) is 50.5 Å². The molecule has 0 radical (unpaired) electrons. The molecule has 35 heavy (non-hydrogen) atoms. The number of hydrogen-bond acceptors (Lipinski definition) is 6. The van der Waals surface area contributed by atoms with Crippen LogP contribution in [0.5, 0.6) is 0 Å². The van der Waals surface area contributed by atoms with Crippen LogP contribution in [0.15, 0.2) is 36.7 Å². The number of anilines is 1. The first kappa shape index (κ1) is 26.3. The lowest BCUT2D eigenvalue weighted by atomic mass is 9.89. The number of pyridine rings is 2. The molecule has 9 heteroatoms. The van der Waals surface area contributed by atoms with E-state index in [0.29, 0.717) is 44.1 Å². The molecule has 1 fully saturated rings. The molecule has 0 aromatic carbocycles. The Hall–Kier alpha value is -3.33. The molecule has 0 spiro atoms. The van der Waals surface area contributed by atoms with E-state index in [0.717, 1.165) is 30.7 Å². The zero-order chi connectivity index (χ0) is 25.0. The van der Waals surface area contributed by atoms with Gasteiger partial charge in [0.2, 0.25) is 11.8 Å². The molecule has 0 bridgehead atoms. The molecule has 188 valence electrons. The molecule has 1 aliphatic heterocycles. The lowest BCUT2D eigenvalue weighted by Crippen LogP contribution is -2.39. The van der Waals surface area contributed by atoms with E-state index in [1.165, 1.54) is 0 Å². The summed E-state index contributed by atoms with van der Waals surface area (Å²) in [5.74, 6) is -0.288. The summed E-state index contributed by atoms with van der Waals surface area (Å²) in [7, 11) is 0. The van der Waals surface area contributed by atoms with Crippen molar-refractivity contribution in [2.24, 2.45) is 0 Å². The maximum atomic E-state index is 12.8. The van der Waals surface area contributed by atoms with Gasteiger partial charge in [-0.15, -0.1) is 0 Å². The van der Waals surface area contributed by atoms with Crippen molar-refractivity contribution in [3.05, 3.63) is 53.6 Å². The number of likely N-dealkylation sites (tertiary alicyclic amines) is 1. The van der Waals surface area contributed by atoms with Gasteiger partial charge in [-0.1, -0.05) is 6.92 Å². The fraction of sp³-hybridized carbons (Fsp3) is 0.500. The van der Waals surface area contributed by atoms with Gasteiger partial charge in [-0.3, -0.25) is 24.4 Å². The van der Waals surface area contributed by atoms with Crippen LogP contribution in [0.2, 0.25) is 0 Å². The van der Waals surface area contributed by atoms with Gasteiger partial charge < -0.3 is 20.3 Å². The van der Waals surface area contributed by atoms with Crippen LogP contribution in [0.4, 0.5) is 5.69 Å². The normalized spacial score (nSPS) is 13.9. The Labute approximate surface area is 206 Å². The monoisotopic (exact) mass is 481 g/mol. The number of hydrogen-bond donors (Lipinski definition) is 2. The quantitative estimate of drug-likeness (QED) is 0.477. The van der Waals surface area contributed by atoms with Crippen molar-refractivity contribution in [1.82, 2.24) is 20.2 Å². The van der Waals surface area contributed by atoms with Crippen LogP contribution in [0.3, 0.4) is 0 Å². The first-order chi connectivity index (χ1) is 17.0. The summed E-state index contributed by atoms with van der Waals surface area (Å²) in [4.78, 5) is 48.0. The van der Waals surface area contributed by atoms with Crippen LogP contribution in [0.25, 0.3) is 0 Å². The van der Waals surface area contributed by atoms with Crippen LogP contribution < -0.4 is 10.6 Å². The minimum atomic E-state index is -0.207. The Morgan fingerprint density at radius 3 is 2.63 bits per heavy atom. The molecule has 9 nitrogen and oxygen atoms in total. The Balaban J connectivity index is 1.49. The van der Waals surface area contributed by atoms with Gasteiger partial charge in [0.05, 0.1) is 29.7 Å². The summed E-state index contributed by atoms with van der Waals surface area (Å²) in [6, 6.07) is 7.18. The van der Waals surface area contributed by atoms with E-state index >= 15 is 0 Å². The molecular formula is C26H35N5O4. The van der Waals surface area contributed by atoms with Crippen molar-refractivity contribution in [1.29, 1.82) is 0 Å². The second-order valence-electron chi connectivity index (χ2n) is 8.70. The predicted molar refractivity (Wildman–Crippen MR) is 133 cm³/mol. The fourth-order valence-electron chi connectivity index (χ4n) is 4.10. The Morgan fingerprint density at radius 2 is 1.91 bits per heavy atom. The molecule has 0 aliphatic carbocycles. The number of rotatable bonds is 11. The minimum absolute atomic E-state index is 0.0352. The molecule has 3 amide bonds. The minimum Gasteiger partial charge on any atom is -0.380 e. The number of ether oxygens (including phenoxy) is 1. The summed E-state index contributed by atoms with van der Waals surface area (Å²) in [6.07, 6.45) is 5.88. The third-order valence-electron chi connectivity index (χ3n) is 5.93. The highest BCUT2D eigenvalue weighted by molar-refractivity contribution is 5.95. The molecule has 2 aromatic heterocycles. The van der Waals surface area contributed by atoms with Crippen molar-refractivity contribution in [3.63, 3.8) is 0 Å². The zero-order valence-electron chi connectivity index (χ0n) is 20.6. The summed E-state index contributed by atoms with van der Waals surface area (Å²) >= 11 is 0. The number of piperidine rings is 1. The van der Waals surface area contributed by atoms with E-state index < -0.39 is 0 Å². The first-order valence-electron chi connectivity index (χ1n) is 12.3. The lowest BCUT2D eigenvalue weighted by molar-refractivity contribution is -0.133. The molecule has 3 rings (SSSR count). The molecule has 0 atom stereocenters. The Morgan fingerprint density at radius 1 is 1.11 bits per heavy atom. The van der Waals surface area contributed by atoms with Crippen LogP contribution in [-0.4, -0.2) is 65.4 Å². The number of amides is 3. The van der Waals surface area contributed by atoms with E-state index in [2.05, 4.69) is 15.6 Å². The van der Waals surface area contributed by atoms with E-state index in [1.54, 1.807) is 29.4 Å². The largest absolute Gasteiger partial charge is 0.380 e. The van der Waals surface area contributed by atoms with E-state index in [-0.39, 0.29) is 36.5 Å². The van der Waals surface area contributed by atoms with Crippen molar-refractivity contribution in [2.45, 2.75) is 51.9 Å². The van der Waals surface area contributed by atoms with E-state index in [1.807, 2.05) is 26.0 Å². The lowest BCUT2D eigenvalue weighted by Gasteiger charge is -2.32. The Kier molecular flexibility index (Phi) is 10.2. The van der Waals surface area contributed by atoms with Crippen molar-refractivity contribution in [2.75, 3.05) is 38.2 Å². The number of carbonyl (C=O) groups excluding carboxylic acids is 3. The van der Waals surface area contributed by atoms with Gasteiger partial charge in [-0.25, -0.2) is 0 Å². The molecular weight excluding hydrogens is 446 g/mol. The molecule has 3 heterocycles. The first-order valence-corrected chi connectivity index (χ1v) is 12.3. The topological polar surface area (TPSA) is 114 Å². The van der Waals surface area contributed by atoms with Crippen LogP contribution >= 0.6 is 0 Å². The molecule has 0 saturated carbocycles. The van der Waals surface area contributed by atoms with Crippen molar-refractivity contribution in [3.8, 4) is 0 Å². The summed E-state index contributed by atoms with van der Waals surface area (Å²) in [5.41, 5.74) is 2.86. The highest BCUT2D eigenvalue weighted by atomic mass is 16.5. The second-order valence-corrected chi connectivity index (χ2v) is 8.70. The maximum absolute atomic E-state index is 12.8. The number of aromatic nitrogens is 2. The number of aryl methyl sites for hydroxylation is 1. The average Bonchev–Trinajstić information content (AvgIpc) is 2.87. The highest BCUT2D eigenvalue weighted by Crippen LogP contribution is 2.30. The van der Waals surface area contributed by atoms with Gasteiger partial charge in [0.1, 0.15) is 0 Å². The predicted octanol–water partition coefficient (Wildman–Crippen LogP) is 3.07. The van der Waals surface area contributed by atoms with E-state index in [9.17, 15) is 14.4 Å². The summed E-state index contributed by atoms with van der Waals surface area (Å²) in [5, 5.41) is 5.67. The Bertz CT molecular complexity index is 990. The number of nitrogens with one attached hydrogen (secondary N) is 2. The van der Waals surface area contributed by atoms with Gasteiger partial charge in [0.15, 0.2) is 0 Å². The van der Waals surface area contributed by atoms with Gasteiger partial charge >= 0.3 is 0 Å². The molecule has 2 N–H and O–H groups in total. The van der Waals surface area contributed by atoms with Crippen LogP contribution in [0, 0.1) is 6.92 Å². The SMILES string of the molecule is CCCOCCNC(=O)c1ccc(C)nc1C1CCN(C(=O)CCC(=O)Nc2cccnc2)CC1.